The maximum Gasteiger partial charge on any atom is 0.119 e. The molecule has 2 unspecified atom stereocenters. The van der Waals surface area contributed by atoms with Gasteiger partial charge in [0.25, 0.3) is 0 Å². The molecular weight excluding hydrogens is 214 g/mol. The maximum absolute atomic E-state index is 5.62. The zero-order valence-corrected chi connectivity index (χ0v) is 11.2. The Bertz CT molecular complexity index is 307. The normalized spacial score (nSPS) is 14.4. The van der Waals surface area contributed by atoms with Gasteiger partial charge in [-0.1, -0.05) is 19.1 Å². The summed E-state index contributed by atoms with van der Waals surface area (Å²) >= 11 is 0. The van der Waals surface area contributed by atoms with E-state index in [9.17, 15) is 0 Å². The minimum Gasteiger partial charge on any atom is -0.491 e. The van der Waals surface area contributed by atoms with Crippen molar-refractivity contribution in [3.63, 3.8) is 0 Å². The van der Waals surface area contributed by atoms with E-state index in [4.69, 9.17) is 9.47 Å². The number of hydrogen-bond donors (Lipinski definition) is 1. The lowest BCUT2D eigenvalue weighted by Gasteiger charge is -2.15. The third kappa shape index (κ3) is 4.36. The van der Waals surface area contributed by atoms with Gasteiger partial charge in [-0.25, -0.2) is 0 Å². The van der Waals surface area contributed by atoms with Crippen molar-refractivity contribution in [1.82, 2.24) is 5.32 Å². The van der Waals surface area contributed by atoms with E-state index < -0.39 is 0 Å². The Morgan fingerprint density at radius 3 is 2.35 bits per heavy atom. The van der Waals surface area contributed by atoms with E-state index >= 15 is 0 Å². The van der Waals surface area contributed by atoms with Crippen LogP contribution in [0.15, 0.2) is 24.3 Å². The molecule has 0 amide bonds. The molecule has 3 nitrogen and oxygen atoms in total. The van der Waals surface area contributed by atoms with Gasteiger partial charge < -0.3 is 14.8 Å². The van der Waals surface area contributed by atoms with Crippen LogP contribution in [0.4, 0.5) is 0 Å². The minimum absolute atomic E-state index is 0.121. The summed E-state index contributed by atoms with van der Waals surface area (Å²) in [5, 5.41) is 3.29. The van der Waals surface area contributed by atoms with Crippen LogP contribution in [-0.4, -0.2) is 26.9 Å². The molecule has 1 aromatic rings. The summed E-state index contributed by atoms with van der Waals surface area (Å²) in [7, 11) is 3.68. The Labute approximate surface area is 104 Å². The molecule has 0 fully saturated rings. The fourth-order valence-corrected chi connectivity index (χ4v) is 1.68. The number of methoxy groups -OCH3 is 1. The highest BCUT2D eigenvalue weighted by atomic mass is 16.5. The monoisotopic (exact) mass is 237 g/mol. The van der Waals surface area contributed by atoms with Gasteiger partial charge in [-0.2, -0.15) is 0 Å². The van der Waals surface area contributed by atoms with E-state index in [0.29, 0.717) is 12.6 Å². The lowest BCUT2D eigenvalue weighted by Crippen LogP contribution is -2.16. The zero-order chi connectivity index (χ0) is 12.7. The van der Waals surface area contributed by atoms with Gasteiger partial charge in [0.05, 0.1) is 6.10 Å². The van der Waals surface area contributed by atoms with Crippen molar-refractivity contribution in [3.8, 4) is 5.75 Å². The highest BCUT2D eigenvalue weighted by Gasteiger charge is 2.06. The van der Waals surface area contributed by atoms with Crippen molar-refractivity contribution in [2.45, 2.75) is 32.4 Å². The van der Waals surface area contributed by atoms with Crippen LogP contribution in [-0.2, 0) is 4.74 Å². The average molecular weight is 237 g/mol. The van der Waals surface area contributed by atoms with Crippen LogP contribution in [0.3, 0.4) is 0 Å². The summed E-state index contributed by atoms with van der Waals surface area (Å²) in [5.74, 6) is 0.892. The minimum atomic E-state index is 0.121. The molecule has 0 saturated heterocycles. The van der Waals surface area contributed by atoms with Gasteiger partial charge >= 0.3 is 0 Å². The summed E-state index contributed by atoms with van der Waals surface area (Å²) < 4.78 is 10.7. The lowest BCUT2D eigenvalue weighted by molar-refractivity contribution is 0.0716. The molecule has 1 aromatic carbocycles. The fraction of sp³-hybridized carbons (Fsp3) is 0.571. The number of hydrogen-bond acceptors (Lipinski definition) is 3. The highest BCUT2D eigenvalue weighted by molar-refractivity contribution is 5.29. The van der Waals surface area contributed by atoms with Crippen LogP contribution in [0.1, 0.15) is 31.9 Å². The Morgan fingerprint density at radius 2 is 1.88 bits per heavy atom. The molecule has 0 spiro atoms. The first-order chi connectivity index (χ1) is 8.21. The summed E-state index contributed by atoms with van der Waals surface area (Å²) in [6, 6.07) is 8.66. The standard InChI is InChI=1S/C14H23NO2/c1-5-14(15-3)12-6-8-13(9-7-12)17-10-11(2)16-4/h6-9,11,14-15H,5,10H2,1-4H3. The van der Waals surface area contributed by atoms with E-state index in [1.54, 1.807) is 7.11 Å². The lowest BCUT2D eigenvalue weighted by atomic mass is 10.1. The van der Waals surface area contributed by atoms with E-state index in [0.717, 1.165) is 12.2 Å². The number of benzene rings is 1. The topological polar surface area (TPSA) is 30.5 Å². The van der Waals surface area contributed by atoms with Crippen molar-refractivity contribution in [1.29, 1.82) is 0 Å². The third-order valence-corrected chi connectivity index (χ3v) is 2.93. The SMILES string of the molecule is CCC(NC)c1ccc(OCC(C)OC)cc1. The van der Waals surface area contributed by atoms with Crippen LogP contribution in [0.2, 0.25) is 0 Å². The molecule has 1 N–H and O–H groups in total. The Kier molecular flexibility index (Phi) is 6.01. The Hall–Kier alpha value is -1.06. The van der Waals surface area contributed by atoms with Gasteiger partial charge in [0.15, 0.2) is 0 Å². The number of nitrogens with one attached hydrogen (secondary N) is 1. The first-order valence-electron chi connectivity index (χ1n) is 6.14. The van der Waals surface area contributed by atoms with Gasteiger partial charge in [-0.3, -0.25) is 0 Å². The predicted molar refractivity (Wildman–Crippen MR) is 70.5 cm³/mol. The van der Waals surface area contributed by atoms with Crippen molar-refractivity contribution in [2.75, 3.05) is 20.8 Å². The quantitative estimate of drug-likeness (QED) is 0.791. The molecule has 0 saturated carbocycles. The van der Waals surface area contributed by atoms with Crippen LogP contribution in [0.25, 0.3) is 0 Å². The summed E-state index contributed by atoms with van der Waals surface area (Å²) in [6.07, 6.45) is 1.20. The fourth-order valence-electron chi connectivity index (χ4n) is 1.68. The largest absolute Gasteiger partial charge is 0.491 e. The maximum atomic E-state index is 5.62. The highest BCUT2D eigenvalue weighted by Crippen LogP contribution is 2.19. The summed E-state index contributed by atoms with van der Waals surface area (Å²) in [4.78, 5) is 0. The predicted octanol–water partition coefficient (Wildman–Crippen LogP) is 2.77. The van der Waals surface area contributed by atoms with Crippen LogP contribution in [0, 0.1) is 0 Å². The second kappa shape index (κ2) is 7.30. The second-order valence-corrected chi connectivity index (χ2v) is 4.18. The summed E-state index contributed by atoms with van der Waals surface area (Å²) in [6.45, 7) is 4.74. The second-order valence-electron chi connectivity index (χ2n) is 4.18. The van der Waals surface area contributed by atoms with Gasteiger partial charge in [0, 0.05) is 13.2 Å². The molecule has 1 rings (SSSR count). The van der Waals surface area contributed by atoms with Gasteiger partial charge in [-0.05, 0) is 38.1 Å². The molecule has 0 bridgehead atoms. The molecule has 0 aliphatic carbocycles. The Balaban J connectivity index is 2.55. The van der Waals surface area contributed by atoms with Gasteiger partial charge in [0.1, 0.15) is 12.4 Å². The van der Waals surface area contributed by atoms with Crippen molar-refractivity contribution in [2.24, 2.45) is 0 Å². The molecule has 0 radical (unpaired) electrons. The number of rotatable bonds is 7. The number of ether oxygens (including phenoxy) is 2. The molecule has 17 heavy (non-hydrogen) atoms. The van der Waals surface area contributed by atoms with Gasteiger partial charge in [0.2, 0.25) is 0 Å². The first-order valence-corrected chi connectivity index (χ1v) is 6.14. The smallest absolute Gasteiger partial charge is 0.119 e. The molecule has 3 heteroatoms. The van der Waals surface area contributed by atoms with E-state index in [2.05, 4.69) is 24.4 Å². The van der Waals surface area contributed by atoms with Gasteiger partial charge in [-0.15, -0.1) is 0 Å². The van der Waals surface area contributed by atoms with Crippen molar-refractivity contribution in [3.05, 3.63) is 29.8 Å². The van der Waals surface area contributed by atoms with E-state index in [1.165, 1.54) is 5.56 Å². The summed E-state index contributed by atoms with van der Waals surface area (Å²) in [5.41, 5.74) is 1.29. The molecule has 2 atom stereocenters. The molecule has 0 aliphatic rings. The van der Waals surface area contributed by atoms with Crippen LogP contribution < -0.4 is 10.1 Å². The van der Waals surface area contributed by atoms with Crippen molar-refractivity contribution < 1.29 is 9.47 Å². The van der Waals surface area contributed by atoms with Crippen molar-refractivity contribution >= 4 is 0 Å². The zero-order valence-electron chi connectivity index (χ0n) is 11.2. The average Bonchev–Trinajstić information content (AvgIpc) is 2.38. The molecular formula is C14H23NO2. The van der Waals surface area contributed by atoms with E-state index in [-0.39, 0.29) is 6.10 Å². The van der Waals surface area contributed by atoms with Crippen LogP contribution >= 0.6 is 0 Å². The molecule has 0 aliphatic heterocycles. The van der Waals surface area contributed by atoms with E-state index in [1.807, 2.05) is 26.1 Å². The van der Waals surface area contributed by atoms with Crippen LogP contribution in [0.5, 0.6) is 5.75 Å². The molecule has 0 aromatic heterocycles. The molecule has 96 valence electrons. The first kappa shape index (κ1) is 14.0. The molecule has 0 heterocycles. The third-order valence-electron chi connectivity index (χ3n) is 2.93. The Morgan fingerprint density at radius 1 is 1.24 bits per heavy atom.